The largest absolute Gasteiger partial charge is 0.508 e. The molecule has 3 N–H and O–H groups in total. The normalized spacial score (nSPS) is 19.8. The van der Waals surface area contributed by atoms with Gasteiger partial charge in [-0.05, 0) is 42.2 Å². The van der Waals surface area contributed by atoms with E-state index in [0.29, 0.717) is 11.3 Å². The van der Waals surface area contributed by atoms with Crippen molar-refractivity contribution in [3.05, 3.63) is 58.4 Å². The predicted molar refractivity (Wildman–Crippen MR) is 85.0 cm³/mol. The molecule has 2 aromatic rings. The van der Waals surface area contributed by atoms with Crippen LogP contribution in [-0.4, -0.2) is 16.1 Å². The van der Waals surface area contributed by atoms with E-state index >= 15 is 0 Å². The van der Waals surface area contributed by atoms with Gasteiger partial charge < -0.3 is 15.5 Å². The van der Waals surface area contributed by atoms with Gasteiger partial charge in [-0.1, -0.05) is 26.0 Å². The Morgan fingerprint density at radius 3 is 2.48 bits per heavy atom. The maximum Gasteiger partial charge on any atom is 0.266 e. The highest BCUT2D eigenvalue weighted by atomic mass is 19.1. The number of amides is 1. The Labute approximate surface area is 133 Å². The maximum absolute atomic E-state index is 13.9. The smallest absolute Gasteiger partial charge is 0.266 e. The summed E-state index contributed by atoms with van der Waals surface area (Å²) in [5.41, 5.74) is -0.358. The van der Waals surface area contributed by atoms with E-state index in [4.69, 9.17) is 0 Å². The molecule has 2 aromatic carbocycles. The number of anilines is 1. The highest BCUT2D eigenvalue weighted by molar-refractivity contribution is 6.07. The molecular formula is C18H18FNO3. The number of phenolic OH excluding ortho intramolecular Hbond substituents is 1. The number of nitrogens with one attached hydrogen (secondary N) is 1. The van der Waals surface area contributed by atoms with E-state index in [2.05, 4.69) is 5.32 Å². The van der Waals surface area contributed by atoms with E-state index in [0.717, 1.165) is 11.6 Å². The summed E-state index contributed by atoms with van der Waals surface area (Å²) >= 11 is 0. The molecule has 0 aliphatic carbocycles. The zero-order valence-electron chi connectivity index (χ0n) is 13.1. The summed E-state index contributed by atoms with van der Waals surface area (Å²) in [4.78, 5) is 12.4. The highest BCUT2D eigenvalue weighted by Gasteiger charge is 2.48. The molecule has 23 heavy (non-hydrogen) atoms. The molecule has 1 unspecified atom stereocenters. The lowest BCUT2D eigenvalue weighted by Crippen LogP contribution is -2.35. The monoisotopic (exact) mass is 315 g/mol. The number of aliphatic hydroxyl groups is 1. The van der Waals surface area contributed by atoms with Gasteiger partial charge in [0.25, 0.3) is 5.91 Å². The molecule has 0 aromatic heterocycles. The van der Waals surface area contributed by atoms with Gasteiger partial charge in [-0.15, -0.1) is 0 Å². The van der Waals surface area contributed by atoms with Crippen LogP contribution in [0.1, 0.15) is 42.0 Å². The molecule has 0 bridgehead atoms. The Balaban J connectivity index is 2.20. The van der Waals surface area contributed by atoms with Crippen LogP contribution in [0.15, 0.2) is 30.3 Å². The first-order valence-corrected chi connectivity index (χ1v) is 7.43. The second-order valence-corrected chi connectivity index (χ2v) is 6.24. The third-order valence-corrected chi connectivity index (χ3v) is 4.34. The lowest BCUT2D eigenvalue weighted by Gasteiger charge is -2.23. The van der Waals surface area contributed by atoms with Crippen molar-refractivity contribution in [2.75, 3.05) is 5.32 Å². The summed E-state index contributed by atoms with van der Waals surface area (Å²) in [6.07, 6.45) is 0. The van der Waals surface area contributed by atoms with Crippen LogP contribution in [0, 0.1) is 12.7 Å². The van der Waals surface area contributed by atoms with Gasteiger partial charge in [0, 0.05) is 16.8 Å². The van der Waals surface area contributed by atoms with Crippen molar-refractivity contribution in [2.24, 2.45) is 0 Å². The molecular weight excluding hydrogens is 297 g/mol. The Morgan fingerprint density at radius 1 is 1.17 bits per heavy atom. The zero-order chi connectivity index (χ0) is 16.9. The van der Waals surface area contributed by atoms with Crippen LogP contribution in [0.2, 0.25) is 0 Å². The van der Waals surface area contributed by atoms with Gasteiger partial charge in [0.1, 0.15) is 11.6 Å². The van der Waals surface area contributed by atoms with Crippen LogP contribution in [0.25, 0.3) is 0 Å². The van der Waals surface area contributed by atoms with Crippen molar-refractivity contribution in [2.45, 2.75) is 32.3 Å². The molecule has 0 saturated heterocycles. The minimum atomic E-state index is -2.11. The Hall–Kier alpha value is -2.40. The van der Waals surface area contributed by atoms with Crippen LogP contribution in [0.3, 0.4) is 0 Å². The van der Waals surface area contributed by atoms with Gasteiger partial charge in [-0.25, -0.2) is 4.39 Å². The SMILES string of the molecule is Cc1cc2c(cc1F)C(O)(c1ccc(C(C)C)cc1O)C(=O)N2. The quantitative estimate of drug-likeness (QED) is 0.797. The first kappa shape index (κ1) is 15.5. The molecule has 4 nitrogen and oxygen atoms in total. The summed E-state index contributed by atoms with van der Waals surface area (Å²) in [6, 6.07) is 7.39. The number of aryl methyl sites for hydroxylation is 1. The van der Waals surface area contributed by atoms with Crippen LogP contribution in [0.5, 0.6) is 5.75 Å². The van der Waals surface area contributed by atoms with E-state index in [1.165, 1.54) is 18.2 Å². The summed E-state index contributed by atoms with van der Waals surface area (Å²) in [7, 11) is 0. The first-order chi connectivity index (χ1) is 10.7. The van der Waals surface area contributed by atoms with E-state index < -0.39 is 17.3 Å². The molecule has 1 heterocycles. The first-order valence-electron chi connectivity index (χ1n) is 7.43. The van der Waals surface area contributed by atoms with Gasteiger partial charge in [-0.2, -0.15) is 0 Å². The number of carbonyl (C=O) groups is 1. The van der Waals surface area contributed by atoms with Crippen LogP contribution < -0.4 is 5.32 Å². The molecule has 1 amide bonds. The Bertz CT molecular complexity index is 816. The fourth-order valence-electron chi connectivity index (χ4n) is 2.90. The molecule has 0 saturated carbocycles. The van der Waals surface area contributed by atoms with Gasteiger partial charge in [0.15, 0.2) is 5.60 Å². The Morgan fingerprint density at radius 2 is 1.87 bits per heavy atom. The van der Waals surface area contributed by atoms with E-state index in [9.17, 15) is 19.4 Å². The predicted octanol–water partition coefficient (Wildman–Crippen LogP) is 3.15. The molecule has 3 rings (SSSR count). The van der Waals surface area contributed by atoms with E-state index in [-0.39, 0.29) is 22.8 Å². The summed E-state index contributed by atoms with van der Waals surface area (Å²) in [5, 5.41) is 23.8. The second kappa shape index (κ2) is 5.06. The average Bonchev–Trinajstić information content (AvgIpc) is 2.72. The second-order valence-electron chi connectivity index (χ2n) is 6.24. The van der Waals surface area contributed by atoms with E-state index in [1.54, 1.807) is 13.0 Å². The van der Waals surface area contributed by atoms with Crippen LogP contribution in [-0.2, 0) is 10.4 Å². The summed E-state index contributed by atoms with van der Waals surface area (Å²) in [6.45, 7) is 5.52. The van der Waals surface area contributed by atoms with Crippen molar-refractivity contribution in [3.63, 3.8) is 0 Å². The molecule has 0 fully saturated rings. The number of rotatable bonds is 2. The van der Waals surface area contributed by atoms with Crippen LogP contribution in [0.4, 0.5) is 10.1 Å². The molecule has 0 radical (unpaired) electrons. The molecule has 120 valence electrons. The van der Waals surface area contributed by atoms with Crippen molar-refractivity contribution < 1.29 is 19.4 Å². The topological polar surface area (TPSA) is 69.6 Å². The standard InChI is InChI=1S/C18H18FNO3/c1-9(2)11-4-5-12(16(21)7-11)18(23)13-8-14(19)10(3)6-15(13)20-17(18)22/h4-9,21,23H,1-3H3,(H,20,22). The van der Waals surface area contributed by atoms with Gasteiger partial charge in [-0.3, -0.25) is 4.79 Å². The minimum Gasteiger partial charge on any atom is -0.508 e. The van der Waals surface area contributed by atoms with E-state index in [1.807, 2.05) is 13.8 Å². The minimum absolute atomic E-state index is 0.0430. The number of halogens is 1. The molecule has 0 spiro atoms. The number of hydrogen-bond donors (Lipinski definition) is 3. The number of fused-ring (bicyclic) bond motifs is 1. The zero-order valence-corrected chi connectivity index (χ0v) is 13.1. The van der Waals surface area contributed by atoms with Gasteiger partial charge in [0.05, 0.1) is 0 Å². The molecule has 1 aliphatic rings. The average molecular weight is 315 g/mol. The van der Waals surface area contributed by atoms with Gasteiger partial charge in [0.2, 0.25) is 0 Å². The summed E-state index contributed by atoms with van der Waals surface area (Å²) in [5.74, 6) is -1.22. The summed E-state index contributed by atoms with van der Waals surface area (Å²) < 4.78 is 13.9. The van der Waals surface area contributed by atoms with Crippen molar-refractivity contribution in [3.8, 4) is 5.75 Å². The van der Waals surface area contributed by atoms with Gasteiger partial charge >= 0.3 is 0 Å². The number of hydrogen-bond acceptors (Lipinski definition) is 3. The lowest BCUT2D eigenvalue weighted by molar-refractivity contribution is -0.129. The number of benzene rings is 2. The van der Waals surface area contributed by atoms with Crippen molar-refractivity contribution >= 4 is 11.6 Å². The van der Waals surface area contributed by atoms with Crippen LogP contribution >= 0.6 is 0 Å². The third kappa shape index (κ3) is 2.19. The molecule has 5 heteroatoms. The molecule has 1 atom stereocenters. The maximum atomic E-state index is 13.9. The Kier molecular flexibility index (Phi) is 3.41. The number of carbonyl (C=O) groups excluding carboxylic acids is 1. The number of phenols is 1. The fraction of sp³-hybridized carbons (Fsp3) is 0.278. The third-order valence-electron chi connectivity index (χ3n) is 4.34. The molecule has 1 aliphatic heterocycles. The van der Waals surface area contributed by atoms with Crippen molar-refractivity contribution in [1.29, 1.82) is 0 Å². The van der Waals surface area contributed by atoms with Crippen molar-refractivity contribution in [1.82, 2.24) is 0 Å². The highest BCUT2D eigenvalue weighted by Crippen LogP contribution is 2.45. The number of aromatic hydroxyl groups is 1. The lowest BCUT2D eigenvalue weighted by atomic mass is 9.85. The fourth-order valence-corrected chi connectivity index (χ4v) is 2.90.